The van der Waals surface area contributed by atoms with Crippen LogP contribution < -0.4 is 10.1 Å². The van der Waals surface area contributed by atoms with Crippen LogP contribution in [0.3, 0.4) is 0 Å². The molecule has 1 aliphatic rings. The Morgan fingerprint density at radius 2 is 2.08 bits per heavy atom. The fourth-order valence-corrected chi connectivity index (χ4v) is 3.77. The number of benzene rings is 2. The van der Waals surface area contributed by atoms with Crippen molar-refractivity contribution >= 4 is 5.91 Å². The Kier molecular flexibility index (Phi) is 5.94. The van der Waals surface area contributed by atoms with Gasteiger partial charge in [-0.3, -0.25) is 9.69 Å². The van der Waals surface area contributed by atoms with Gasteiger partial charge in [0, 0.05) is 12.1 Å². The van der Waals surface area contributed by atoms with E-state index in [1.165, 1.54) is 16.7 Å². The number of nitrogens with one attached hydrogen (secondary N) is 1. The fraction of sp³-hybridized carbons (Fsp3) is 0.409. The third kappa shape index (κ3) is 4.44. The van der Waals surface area contributed by atoms with Crippen LogP contribution in [0, 0.1) is 6.92 Å². The molecule has 26 heavy (non-hydrogen) atoms. The van der Waals surface area contributed by atoms with Gasteiger partial charge < -0.3 is 10.1 Å². The first kappa shape index (κ1) is 18.5. The van der Waals surface area contributed by atoms with Crippen molar-refractivity contribution in [1.82, 2.24) is 10.2 Å². The number of carbonyl (C=O) groups is 1. The highest BCUT2D eigenvalue weighted by molar-refractivity contribution is 5.78. The number of nitrogens with zero attached hydrogens (tertiary/aromatic N) is 1. The summed E-state index contributed by atoms with van der Waals surface area (Å²) in [4.78, 5) is 14.6. The Bertz CT molecular complexity index is 772. The molecule has 4 heteroatoms. The van der Waals surface area contributed by atoms with Crippen LogP contribution in [0.2, 0.25) is 0 Å². The summed E-state index contributed by atoms with van der Waals surface area (Å²) in [6.45, 7) is 3.12. The van der Waals surface area contributed by atoms with Gasteiger partial charge in [0.2, 0.25) is 5.91 Å². The van der Waals surface area contributed by atoms with Crippen LogP contribution in [0.25, 0.3) is 0 Å². The zero-order valence-electron chi connectivity index (χ0n) is 15.9. The van der Waals surface area contributed by atoms with Crippen molar-refractivity contribution in [3.8, 4) is 5.75 Å². The summed E-state index contributed by atoms with van der Waals surface area (Å²) in [5, 5.41) is 3.22. The van der Waals surface area contributed by atoms with E-state index in [9.17, 15) is 4.79 Å². The van der Waals surface area contributed by atoms with Gasteiger partial charge in [0.25, 0.3) is 0 Å². The number of likely N-dealkylation sites (N-methyl/N-ethyl adjacent to an activating group) is 1. The topological polar surface area (TPSA) is 41.6 Å². The number of aryl methyl sites for hydroxylation is 2. The number of carbonyl (C=O) groups excluding carboxylic acids is 1. The molecule has 0 fully saturated rings. The smallest absolute Gasteiger partial charge is 0.234 e. The minimum Gasteiger partial charge on any atom is -0.496 e. The quantitative estimate of drug-likeness (QED) is 0.863. The maximum absolute atomic E-state index is 12.6. The van der Waals surface area contributed by atoms with Gasteiger partial charge in [-0.15, -0.1) is 0 Å². The van der Waals surface area contributed by atoms with Crippen molar-refractivity contribution in [3.63, 3.8) is 0 Å². The predicted octanol–water partition coefficient (Wildman–Crippen LogP) is 3.63. The van der Waals surface area contributed by atoms with Gasteiger partial charge in [0.15, 0.2) is 0 Å². The number of fused-ring (bicyclic) bond motifs is 1. The van der Waals surface area contributed by atoms with Gasteiger partial charge in [-0.25, -0.2) is 0 Å². The van der Waals surface area contributed by atoms with E-state index in [1.54, 1.807) is 7.11 Å². The molecule has 0 aliphatic heterocycles. The van der Waals surface area contributed by atoms with Crippen molar-refractivity contribution in [3.05, 3.63) is 64.7 Å². The molecule has 0 spiro atoms. The van der Waals surface area contributed by atoms with Crippen LogP contribution >= 0.6 is 0 Å². The molecule has 138 valence electrons. The van der Waals surface area contributed by atoms with Crippen LogP contribution in [0.4, 0.5) is 0 Å². The maximum atomic E-state index is 12.6. The van der Waals surface area contributed by atoms with Crippen molar-refractivity contribution in [2.45, 2.75) is 38.8 Å². The molecule has 4 nitrogen and oxygen atoms in total. The molecule has 2 aromatic rings. The summed E-state index contributed by atoms with van der Waals surface area (Å²) < 4.78 is 5.44. The Balaban J connectivity index is 1.60. The van der Waals surface area contributed by atoms with Gasteiger partial charge in [-0.2, -0.15) is 0 Å². The Labute approximate surface area is 156 Å². The summed E-state index contributed by atoms with van der Waals surface area (Å²) in [5.74, 6) is 0.935. The normalized spacial score (nSPS) is 16.2. The van der Waals surface area contributed by atoms with E-state index >= 15 is 0 Å². The van der Waals surface area contributed by atoms with Crippen molar-refractivity contribution in [2.75, 3.05) is 20.7 Å². The molecule has 0 heterocycles. The maximum Gasteiger partial charge on any atom is 0.234 e. The van der Waals surface area contributed by atoms with Crippen molar-refractivity contribution in [1.29, 1.82) is 0 Å². The summed E-state index contributed by atoms with van der Waals surface area (Å²) in [7, 11) is 3.65. The van der Waals surface area contributed by atoms with E-state index < -0.39 is 0 Å². The van der Waals surface area contributed by atoms with Crippen LogP contribution in [0.5, 0.6) is 5.75 Å². The van der Waals surface area contributed by atoms with Gasteiger partial charge in [0.1, 0.15) is 5.75 Å². The van der Waals surface area contributed by atoms with E-state index in [1.807, 2.05) is 24.1 Å². The van der Waals surface area contributed by atoms with Crippen LogP contribution in [-0.2, 0) is 17.8 Å². The molecule has 1 atom stereocenters. The molecular formula is C22H28N2O2. The number of hydrogen-bond acceptors (Lipinski definition) is 3. The fourth-order valence-electron chi connectivity index (χ4n) is 3.77. The molecule has 0 saturated heterocycles. The SMILES string of the molecule is COc1ccc(C)cc1CN(C)CC(=O)N[C@H]1CCCc2ccccc21. The predicted molar refractivity (Wildman–Crippen MR) is 104 cm³/mol. The van der Waals surface area contributed by atoms with E-state index in [0.717, 1.165) is 30.6 Å². The standard InChI is InChI=1S/C22H28N2O2/c1-16-11-12-21(26-3)18(13-16)14-24(2)15-22(25)23-20-10-6-8-17-7-4-5-9-19(17)20/h4-5,7,9,11-13,20H,6,8,10,14-15H2,1-3H3,(H,23,25)/t20-/m0/s1. The monoisotopic (exact) mass is 352 g/mol. The van der Waals surface area contributed by atoms with E-state index in [2.05, 4.69) is 42.6 Å². The Hall–Kier alpha value is -2.33. The minimum absolute atomic E-state index is 0.0702. The first-order chi connectivity index (χ1) is 12.6. The molecule has 1 N–H and O–H groups in total. The van der Waals surface area contributed by atoms with Gasteiger partial charge in [-0.05, 0) is 50.4 Å². The van der Waals surface area contributed by atoms with E-state index in [-0.39, 0.29) is 11.9 Å². The first-order valence-electron chi connectivity index (χ1n) is 9.26. The lowest BCUT2D eigenvalue weighted by Crippen LogP contribution is -2.38. The molecule has 3 rings (SSSR count). The summed E-state index contributed by atoms with van der Waals surface area (Å²) in [6, 6.07) is 14.7. The molecule has 0 saturated carbocycles. The molecule has 1 aliphatic carbocycles. The number of ether oxygens (including phenoxy) is 1. The minimum atomic E-state index is 0.0702. The lowest BCUT2D eigenvalue weighted by atomic mass is 9.88. The third-order valence-electron chi connectivity index (χ3n) is 4.99. The number of hydrogen-bond donors (Lipinski definition) is 1. The second kappa shape index (κ2) is 8.37. The third-order valence-corrected chi connectivity index (χ3v) is 4.99. The van der Waals surface area contributed by atoms with E-state index in [4.69, 9.17) is 4.74 Å². The largest absolute Gasteiger partial charge is 0.496 e. The molecule has 0 unspecified atom stereocenters. The zero-order valence-corrected chi connectivity index (χ0v) is 15.9. The number of amides is 1. The van der Waals surface area contributed by atoms with Crippen molar-refractivity contribution < 1.29 is 9.53 Å². The second-order valence-electron chi connectivity index (χ2n) is 7.20. The molecule has 0 aromatic heterocycles. The van der Waals surface area contributed by atoms with Gasteiger partial charge in [-0.1, -0.05) is 42.0 Å². The zero-order chi connectivity index (χ0) is 18.5. The van der Waals surface area contributed by atoms with Gasteiger partial charge >= 0.3 is 0 Å². The number of methoxy groups -OCH3 is 1. The van der Waals surface area contributed by atoms with Crippen LogP contribution in [0.15, 0.2) is 42.5 Å². The average Bonchev–Trinajstić information content (AvgIpc) is 2.62. The van der Waals surface area contributed by atoms with Gasteiger partial charge in [0.05, 0.1) is 19.7 Å². The summed E-state index contributed by atoms with van der Waals surface area (Å²) in [5.41, 5.74) is 4.93. The molecular weight excluding hydrogens is 324 g/mol. The highest BCUT2D eigenvalue weighted by atomic mass is 16.5. The highest BCUT2D eigenvalue weighted by Crippen LogP contribution is 2.29. The second-order valence-corrected chi connectivity index (χ2v) is 7.20. The van der Waals surface area contributed by atoms with Crippen LogP contribution in [0.1, 0.15) is 41.1 Å². The lowest BCUT2D eigenvalue weighted by molar-refractivity contribution is -0.122. The van der Waals surface area contributed by atoms with Crippen LogP contribution in [-0.4, -0.2) is 31.5 Å². The Morgan fingerprint density at radius 1 is 1.27 bits per heavy atom. The summed E-state index contributed by atoms with van der Waals surface area (Å²) >= 11 is 0. The highest BCUT2D eigenvalue weighted by Gasteiger charge is 2.21. The molecule has 0 bridgehead atoms. The summed E-state index contributed by atoms with van der Waals surface area (Å²) in [6.07, 6.45) is 3.24. The first-order valence-corrected chi connectivity index (χ1v) is 9.26. The van der Waals surface area contributed by atoms with E-state index in [0.29, 0.717) is 13.1 Å². The number of rotatable bonds is 6. The van der Waals surface area contributed by atoms with Crippen molar-refractivity contribution in [2.24, 2.45) is 0 Å². The molecule has 2 aromatic carbocycles. The Morgan fingerprint density at radius 3 is 2.88 bits per heavy atom. The average molecular weight is 352 g/mol. The lowest BCUT2D eigenvalue weighted by Gasteiger charge is -2.27. The molecule has 0 radical (unpaired) electrons. The molecule has 1 amide bonds.